The van der Waals surface area contributed by atoms with E-state index in [2.05, 4.69) is 73.7 Å². The largest absolute Gasteiger partial charge is 0.465 e. The van der Waals surface area contributed by atoms with Crippen LogP contribution in [0, 0.1) is 11.8 Å². The molecule has 3 aromatic carbocycles. The summed E-state index contributed by atoms with van der Waals surface area (Å²) in [6.45, 7) is 8.75. The Kier molecular flexibility index (Phi) is 11.8. The van der Waals surface area contributed by atoms with Crippen LogP contribution < -0.4 is 15.4 Å². The first-order valence-corrected chi connectivity index (χ1v) is 22.4. The lowest BCUT2D eigenvalue weighted by Crippen LogP contribution is -2.51. The highest BCUT2D eigenvalue weighted by Crippen LogP contribution is 2.46. The third-order valence-electron chi connectivity index (χ3n) is 13.0. The molecule has 6 heterocycles. The molecule has 16 nitrogen and oxygen atoms in total. The van der Waals surface area contributed by atoms with Crippen LogP contribution in [-0.2, 0) is 19.1 Å². The number of ether oxygens (including phenoxy) is 3. The Labute approximate surface area is 377 Å². The fourth-order valence-corrected chi connectivity index (χ4v) is 9.56. The van der Waals surface area contributed by atoms with E-state index in [1.165, 1.54) is 14.2 Å². The van der Waals surface area contributed by atoms with Gasteiger partial charge in [0, 0.05) is 40.7 Å². The Morgan fingerprint density at radius 3 is 1.78 bits per heavy atom. The second-order valence-corrected chi connectivity index (χ2v) is 17.7. The number of rotatable bonds is 11. The van der Waals surface area contributed by atoms with Gasteiger partial charge in [-0.2, -0.15) is 0 Å². The van der Waals surface area contributed by atoms with Crippen molar-refractivity contribution in [3.05, 3.63) is 102 Å². The number of imidazole rings is 2. The van der Waals surface area contributed by atoms with Gasteiger partial charge in [0.25, 0.3) is 0 Å². The molecule has 0 radical (unpaired) electrons. The van der Waals surface area contributed by atoms with Gasteiger partial charge in [0.1, 0.15) is 29.5 Å². The maximum absolute atomic E-state index is 13.8. The van der Waals surface area contributed by atoms with Crippen LogP contribution in [0.5, 0.6) is 5.75 Å². The molecule has 3 aromatic heterocycles. The van der Waals surface area contributed by atoms with Gasteiger partial charge in [-0.05, 0) is 67.9 Å². The van der Waals surface area contributed by atoms with Gasteiger partial charge in [-0.1, -0.05) is 70.2 Å². The Morgan fingerprint density at radius 1 is 0.708 bits per heavy atom. The molecule has 3 aliphatic heterocycles. The summed E-state index contributed by atoms with van der Waals surface area (Å²) in [4.78, 5) is 72.0. The summed E-state index contributed by atoms with van der Waals surface area (Å²) in [6.07, 6.45) is 5.05. The summed E-state index contributed by atoms with van der Waals surface area (Å²) < 4.78 is 18.8. The minimum absolute atomic E-state index is 0.128. The number of aromatic nitrogens is 5. The normalized spacial score (nSPS) is 18.9. The fraction of sp³-hybridized carbons (Fsp3) is 0.388. The smallest absolute Gasteiger partial charge is 0.407 e. The number of hydrogen-bond acceptors (Lipinski definition) is 9. The monoisotopic (exact) mass is 881 g/mol. The van der Waals surface area contributed by atoms with Gasteiger partial charge in [-0.15, -0.1) is 0 Å². The molecule has 2 fully saturated rings. The van der Waals surface area contributed by atoms with Crippen LogP contribution in [0.25, 0.3) is 44.7 Å². The molecule has 0 bridgehead atoms. The SMILES string of the molecule is COC(=O)N[C@H](C(=O)N1CCC[C@H]1c1ncc(-c2ccc3c(c2)O[C@H](c2ccccc2)n2c-3cc3cc(-c4cnc([C@@H]5CCCN5C(=O)[C@@H](NC(=O)OC)C(C)C)[nH]4)ccc32)[nH]1)C(C)C. The van der Waals surface area contributed by atoms with Crippen LogP contribution in [0.4, 0.5) is 9.59 Å². The van der Waals surface area contributed by atoms with Crippen LogP contribution in [0.15, 0.2) is 85.2 Å². The lowest BCUT2D eigenvalue weighted by Gasteiger charge is -2.30. The predicted molar refractivity (Wildman–Crippen MR) is 243 cm³/mol. The molecule has 0 spiro atoms. The molecule has 2 saturated heterocycles. The van der Waals surface area contributed by atoms with E-state index in [-0.39, 0.29) is 35.7 Å². The van der Waals surface area contributed by atoms with E-state index in [9.17, 15) is 19.2 Å². The average molecular weight is 882 g/mol. The summed E-state index contributed by atoms with van der Waals surface area (Å²) in [7, 11) is 2.58. The van der Waals surface area contributed by atoms with Crippen molar-refractivity contribution in [1.29, 1.82) is 0 Å². The van der Waals surface area contributed by atoms with E-state index in [0.29, 0.717) is 24.7 Å². The van der Waals surface area contributed by atoms with Gasteiger partial charge < -0.3 is 49.2 Å². The zero-order valence-electron chi connectivity index (χ0n) is 37.5. The molecule has 3 aliphatic rings. The van der Waals surface area contributed by atoms with Crippen molar-refractivity contribution in [3.8, 4) is 39.5 Å². The second-order valence-electron chi connectivity index (χ2n) is 17.7. The van der Waals surface area contributed by atoms with Crippen molar-refractivity contribution >= 4 is 34.9 Å². The standard InChI is InChI=1S/C49H55N9O7/c1-27(2)41(54-48(61)63-5)45(59)56-20-10-14-37(56)43-50-25-34(52-43)30-17-19-36-32(22-30)23-39-33-18-16-31(24-40(33)65-47(58(36)39)29-12-8-7-9-13-29)35-26-51-44(53-35)38-15-11-21-57(38)46(60)42(28(3)4)55-49(62)64-6/h7-9,12-13,16-19,22-28,37-38,41-42,47H,10-11,14-15,20-21H2,1-6H3,(H,50,52)(H,51,53)(H,54,61)(H,55,62)/t37-,38-,41-,42-,47+/m0/s1. The topological polar surface area (TPSA) is 189 Å². The first-order chi connectivity index (χ1) is 31.4. The Morgan fingerprint density at radius 2 is 1.25 bits per heavy atom. The fourth-order valence-electron chi connectivity index (χ4n) is 9.56. The van der Waals surface area contributed by atoms with E-state index < -0.39 is 30.5 Å². The molecule has 0 unspecified atom stereocenters. The number of carbonyl (C=O) groups excluding carboxylic acids is 4. The second kappa shape index (κ2) is 17.8. The van der Waals surface area contributed by atoms with Crippen molar-refractivity contribution in [2.45, 2.75) is 83.8 Å². The average Bonchev–Trinajstić information content (AvgIpc) is 4.18. The number of nitrogens with one attached hydrogen (secondary N) is 4. The summed E-state index contributed by atoms with van der Waals surface area (Å²) in [5.74, 6) is 1.55. The van der Waals surface area contributed by atoms with Gasteiger partial charge in [0.05, 0.1) is 61.3 Å². The van der Waals surface area contributed by atoms with Gasteiger partial charge in [-0.25, -0.2) is 19.6 Å². The first kappa shape index (κ1) is 43.2. The summed E-state index contributed by atoms with van der Waals surface area (Å²) in [6, 6.07) is 22.9. The number of alkyl carbamates (subject to hydrolysis) is 2. The summed E-state index contributed by atoms with van der Waals surface area (Å²) in [5, 5.41) is 6.46. The maximum atomic E-state index is 13.8. The maximum Gasteiger partial charge on any atom is 0.407 e. The van der Waals surface area contributed by atoms with Gasteiger partial charge in [-0.3, -0.25) is 9.59 Å². The van der Waals surface area contributed by atoms with Crippen molar-refractivity contribution in [3.63, 3.8) is 0 Å². The molecule has 9 rings (SSSR count). The Hall–Kier alpha value is -7.10. The lowest BCUT2D eigenvalue weighted by molar-refractivity contribution is -0.136. The Balaban J connectivity index is 1.00. The van der Waals surface area contributed by atoms with E-state index in [1.807, 2.05) is 68.0 Å². The quantitative estimate of drug-likeness (QED) is 0.0997. The number of hydrogen-bond donors (Lipinski definition) is 4. The van der Waals surface area contributed by atoms with Crippen LogP contribution in [0.1, 0.15) is 88.9 Å². The third-order valence-corrected chi connectivity index (χ3v) is 13.0. The molecule has 6 aromatic rings. The number of nitrogens with zero attached hydrogens (tertiary/aromatic N) is 5. The molecular formula is C49H55N9O7. The highest BCUT2D eigenvalue weighted by atomic mass is 16.5. The predicted octanol–water partition coefficient (Wildman–Crippen LogP) is 8.12. The van der Waals surface area contributed by atoms with E-state index in [4.69, 9.17) is 24.2 Å². The zero-order valence-corrected chi connectivity index (χ0v) is 37.5. The molecule has 338 valence electrons. The molecular weight excluding hydrogens is 827 g/mol. The van der Waals surface area contributed by atoms with Gasteiger partial charge >= 0.3 is 12.2 Å². The number of benzene rings is 3. The first-order valence-electron chi connectivity index (χ1n) is 22.4. The number of amides is 4. The van der Waals surface area contributed by atoms with Gasteiger partial charge in [0.2, 0.25) is 18.0 Å². The summed E-state index contributed by atoms with van der Waals surface area (Å²) >= 11 is 0. The van der Waals surface area contributed by atoms with Crippen molar-refractivity contribution < 1.29 is 33.4 Å². The van der Waals surface area contributed by atoms with Crippen LogP contribution in [0.2, 0.25) is 0 Å². The number of likely N-dealkylation sites (tertiary alicyclic amines) is 2. The van der Waals surface area contributed by atoms with Gasteiger partial charge in [0.15, 0.2) is 0 Å². The minimum Gasteiger partial charge on any atom is -0.465 e. The number of H-pyrrole nitrogens is 2. The molecule has 16 heteroatoms. The van der Waals surface area contributed by atoms with Crippen molar-refractivity contribution in [2.24, 2.45) is 11.8 Å². The van der Waals surface area contributed by atoms with Crippen LogP contribution in [0.3, 0.4) is 0 Å². The molecule has 65 heavy (non-hydrogen) atoms. The van der Waals surface area contributed by atoms with Crippen LogP contribution >= 0.6 is 0 Å². The zero-order chi connectivity index (χ0) is 45.5. The number of methoxy groups -OCH3 is 2. The highest BCUT2D eigenvalue weighted by Gasteiger charge is 2.39. The van der Waals surface area contributed by atoms with Crippen molar-refractivity contribution in [1.82, 2.24) is 44.9 Å². The number of carbonyl (C=O) groups is 4. The number of aromatic amines is 2. The number of fused-ring (bicyclic) bond motifs is 5. The summed E-state index contributed by atoms with van der Waals surface area (Å²) in [5.41, 5.74) is 7.43. The van der Waals surface area contributed by atoms with Crippen molar-refractivity contribution in [2.75, 3.05) is 27.3 Å². The Bertz CT molecular complexity index is 2740. The molecule has 5 atom stereocenters. The molecule has 4 N–H and O–H groups in total. The minimum atomic E-state index is -0.720. The third kappa shape index (κ3) is 8.17. The highest BCUT2D eigenvalue weighted by molar-refractivity contribution is 5.93. The van der Waals surface area contributed by atoms with E-state index in [0.717, 1.165) is 81.7 Å². The lowest BCUT2D eigenvalue weighted by atomic mass is 10.0. The van der Waals surface area contributed by atoms with Crippen LogP contribution in [-0.4, -0.2) is 97.7 Å². The molecule has 4 amide bonds. The molecule has 0 saturated carbocycles. The van der Waals surface area contributed by atoms with E-state index >= 15 is 0 Å². The van der Waals surface area contributed by atoms with E-state index in [1.54, 1.807) is 6.20 Å². The molecule has 0 aliphatic carbocycles.